The molecule has 0 saturated heterocycles. The molecular formula is C14H15NO4. The average molecular weight is 261 g/mol. The van der Waals surface area contributed by atoms with E-state index in [0.29, 0.717) is 11.6 Å². The van der Waals surface area contributed by atoms with Crippen LogP contribution in [0.15, 0.2) is 22.6 Å². The average Bonchev–Trinajstić information content (AvgIpc) is 2.77. The molecule has 100 valence electrons. The SMILES string of the molecule is COCc1nc(-c2ccc(C)c(C)c2)oc1C(=O)O. The minimum atomic E-state index is -1.14. The Hall–Kier alpha value is -2.14. The van der Waals surface area contributed by atoms with Crippen LogP contribution in [0.2, 0.25) is 0 Å². The van der Waals surface area contributed by atoms with Crippen molar-refractivity contribution < 1.29 is 19.1 Å². The van der Waals surface area contributed by atoms with Crippen LogP contribution in [-0.2, 0) is 11.3 Å². The van der Waals surface area contributed by atoms with Crippen molar-refractivity contribution in [1.29, 1.82) is 0 Å². The first-order valence-electron chi connectivity index (χ1n) is 5.82. The number of carboxylic acid groups (broad SMARTS) is 1. The molecule has 0 spiro atoms. The lowest BCUT2D eigenvalue weighted by Crippen LogP contribution is -2.00. The number of nitrogens with zero attached hydrogens (tertiary/aromatic N) is 1. The fourth-order valence-electron chi connectivity index (χ4n) is 1.75. The molecule has 1 aromatic heterocycles. The van der Waals surface area contributed by atoms with Crippen LogP contribution in [0.25, 0.3) is 11.5 Å². The van der Waals surface area contributed by atoms with E-state index in [1.54, 1.807) is 0 Å². The zero-order chi connectivity index (χ0) is 14.0. The first-order chi connectivity index (χ1) is 9.02. The van der Waals surface area contributed by atoms with Gasteiger partial charge < -0.3 is 14.3 Å². The van der Waals surface area contributed by atoms with Crippen molar-refractivity contribution in [1.82, 2.24) is 4.98 Å². The fourth-order valence-corrected chi connectivity index (χ4v) is 1.75. The van der Waals surface area contributed by atoms with Crippen LogP contribution in [0, 0.1) is 13.8 Å². The van der Waals surface area contributed by atoms with Gasteiger partial charge in [0.1, 0.15) is 5.69 Å². The lowest BCUT2D eigenvalue weighted by Gasteiger charge is -2.01. The molecule has 19 heavy (non-hydrogen) atoms. The third kappa shape index (κ3) is 2.66. The Labute approximate surface area is 110 Å². The van der Waals surface area contributed by atoms with E-state index in [1.165, 1.54) is 7.11 Å². The summed E-state index contributed by atoms with van der Waals surface area (Å²) >= 11 is 0. The lowest BCUT2D eigenvalue weighted by atomic mass is 10.1. The summed E-state index contributed by atoms with van der Waals surface area (Å²) in [6.45, 7) is 4.10. The maximum absolute atomic E-state index is 11.1. The zero-order valence-electron chi connectivity index (χ0n) is 11.1. The van der Waals surface area contributed by atoms with E-state index < -0.39 is 5.97 Å². The molecule has 1 aromatic carbocycles. The first-order valence-corrected chi connectivity index (χ1v) is 5.82. The fraction of sp³-hybridized carbons (Fsp3) is 0.286. The standard InChI is InChI=1S/C14H15NO4/c1-8-4-5-10(6-9(8)2)13-15-11(7-18-3)12(19-13)14(16)17/h4-6H,7H2,1-3H3,(H,16,17). The highest BCUT2D eigenvalue weighted by Gasteiger charge is 2.20. The van der Waals surface area contributed by atoms with E-state index in [1.807, 2.05) is 32.0 Å². The van der Waals surface area contributed by atoms with E-state index >= 15 is 0 Å². The van der Waals surface area contributed by atoms with Gasteiger partial charge in [-0.3, -0.25) is 0 Å². The molecule has 0 unspecified atom stereocenters. The predicted octanol–water partition coefficient (Wildman–Crippen LogP) is 2.80. The molecule has 5 heteroatoms. The third-order valence-electron chi connectivity index (χ3n) is 2.93. The molecule has 2 aromatic rings. The van der Waals surface area contributed by atoms with Gasteiger partial charge in [-0.2, -0.15) is 0 Å². The number of aryl methyl sites for hydroxylation is 2. The summed E-state index contributed by atoms with van der Waals surface area (Å²) < 4.78 is 10.2. The number of methoxy groups -OCH3 is 1. The molecule has 2 rings (SSSR count). The Morgan fingerprint density at radius 3 is 2.68 bits per heavy atom. The second kappa shape index (κ2) is 5.24. The van der Waals surface area contributed by atoms with Crippen LogP contribution in [0.4, 0.5) is 0 Å². The summed E-state index contributed by atoms with van der Waals surface area (Å²) in [7, 11) is 1.48. The molecule has 0 fully saturated rings. The highest BCUT2D eigenvalue weighted by atomic mass is 16.5. The smallest absolute Gasteiger partial charge is 0.373 e. The number of rotatable bonds is 4. The molecule has 0 aliphatic rings. The summed E-state index contributed by atoms with van der Waals surface area (Å²) in [5, 5.41) is 9.06. The van der Waals surface area contributed by atoms with Gasteiger partial charge in [0.2, 0.25) is 11.7 Å². The van der Waals surface area contributed by atoms with Gasteiger partial charge in [-0.25, -0.2) is 9.78 Å². The molecule has 1 heterocycles. The molecule has 0 aliphatic heterocycles. The monoisotopic (exact) mass is 261 g/mol. The minimum Gasteiger partial charge on any atom is -0.475 e. The van der Waals surface area contributed by atoms with Crippen molar-refractivity contribution in [3.8, 4) is 11.5 Å². The maximum Gasteiger partial charge on any atom is 0.373 e. The van der Waals surface area contributed by atoms with Gasteiger partial charge in [0.25, 0.3) is 0 Å². The number of carbonyl (C=O) groups is 1. The van der Waals surface area contributed by atoms with Gasteiger partial charge in [0.15, 0.2) is 0 Å². The Kier molecular flexibility index (Phi) is 3.66. The van der Waals surface area contributed by atoms with Crippen molar-refractivity contribution in [2.45, 2.75) is 20.5 Å². The van der Waals surface area contributed by atoms with Crippen LogP contribution >= 0.6 is 0 Å². The molecule has 5 nitrogen and oxygen atoms in total. The normalized spacial score (nSPS) is 10.7. The van der Waals surface area contributed by atoms with Crippen LogP contribution < -0.4 is 0 Å². The van der Waals surface area contributed by atoms with Gasteiger partial charge in [-0.05, 0) is 37.1 Å². The number of hydrogen-bond acceptors (Lipinski definition) is 4. The predicted molar refractivity (Wildman–Crippen MR) is 69.1 cm³/mol. The van der Waals surface area contributed by atoms with Gasteiger partial charge in [0.05, 0.1) is 6.61 Å². The molecule has 0 atom stereocenters. The second-order valence-corrected chi connectivity index (χ2v) is 4.33. The van der Waals surface area contributed by atoms with Gasteiger partial charge in [-0.15, -0.1) is 0 Å². The first kappa shape index (κ1) is 13.3. The van der Waals surface area contributed by atoms with Gasteiger partial charge >= 0.3 is 5.97 Å². The summed E-state index contributed by atoms with van der Waals surface area (Å²) in [6.07, 6.45) is 0. The highest BCUT2D eigenvalue weighted by Crippen LogP contribution is 2.24. The number of hydrogen-bond donors (Lipinski definition) is 1. The zero-order valence-corrected chi connectivity index (χ0v) is 11.1. The van der Waals surface area contributed by atoms with Gasteiger partial charge in [0, 0.05) is 12.7 Å². The molecule has 0 aliphatic carbocycles. The quantitative estimate of drug-likeness (QED) is 0.916. The van der Waals surface area contributed by atoms with E-state index in [2.05, 4.69) is 4.98 Å². The number of aromatic nitrogens is 1. The minimum absolute atomic E-state index is 0.107. The lowest BCUT2D eigenvalue weighted by molar-refractivity contribution is 0.0656. The van der Waals surface area contributed by atoms with E-state index in [9.17, 15) is 4.79 Å². The summed E-state index contributed by atoms with van der Waals surface area (Å²) in [5.41, 5.74) is 3.31. The Morgan fingerprint density at radius 1 is 1.37 bits per heavy atom. The van der Waals surface area contributed by atoms with Crippen molar-refractivity contribution in [2.75, 3.05) is 7.11 Å². The number of benzene rings is 1. The molecular weight excluding hydrogens is 246 g/mol. The van der Waals surface area contributed by atoms with Crippen molar-refractivity contribution in [3.63, 3.8) is 0 Å². The Bertz CT molecular complexity index is 616. The van der Waals surface area contributed by atoms with Crippen LogP contribution in [-0.4, -0.2) is 23.2 Å². The maximum atomic E-state index is 11.1. The highest BCUT2D eigenvalue weighted by molar-refractivity contribution is 5.86. The number of aromatic carboxylic acids is 1. The summed E-state index contributed by atoms with van der Waals surface area (Å²) in [6, 6.07) is 5.73. The number of carboxylic acids is 1. The van der Waals surface area contributed by atoms with Crippen LogP contribution in [0.3, 0.4) is 0 Å². The molecule has 1 N–H and O–H groups in total. The van der Waals surface area contributed by atoms with Crippen LogP contribution in [0.5, 0.6) is 0 Å². The van der Waals surface area contributed by atoms with Gasteiger partial charge in [-0.1, -0.05) is 6.07 Å². The molecule has 0 saturated carbocycles. The van der Waals surface area contributed by atoms with E-state index in [0.717, 1.165) is 16.7 Å². The largest absolute Gasteiger partial charge is 0.475 e. The van der Waals surface area contributed by atoms with Crippen LogP contribution in [0.1, 0.15) is 27.4 Å². The topological polar surface area (TPSA) is 72.6 Å². The second-order valence-electron chi connectivity index (χ2n) is 4.33. The number of ether oxygens (including phenoxy) is 1. The molecule has 0 bridgehead atoms. The Balaban J connectivity index is 2.47. The van der Waals surface area contributed by atoms with Crippen molar-refractivity contribution in [2.24, 2.45) is 0 Å². The third-order valence-corrected chi connectivity index (χ3v) is 2.93. The number of oxazole rings is 1. The van der Waals surface area contributed by atoms with E-state index in [4.69, 9.17) is 14.3 Å². The van der Waals surface area contributed by atoms with Crippen molar-refractivity contribution >= 4 is 5.97 Å². The summed E-state index contributed by atoms with van der Waals surface area (Å²) in [5.74, 6) is -1.02. The summed E-state index contributed by atoms with van der Waals surface area (Å²) in [4.78, 5) is 15.3. The van der Waals surface area contributed by atoms with E-state index in [-0.39, 0.29) is 12.4 Å². The van der Waals surface area contributed by atoms with Crippen molar-refractivity contribution in [3.05, 3.63) is 40.8 Å². The Morgan fingerprint density at radius 2 is 2.11 bits per heavy atom. The molecule has 0 radical (unpaired) electrons. The molecule has 0 amide bonds.